The maximum Gasteiger partial charge on any atom is 0.224 e. The molecule has 1 aliphatic heterocycles. The predicted molar refractivity (Wildman–Crippen MR) is 121 cm³/mol. The van der Waals surface area contributed by atoms with Crippen LogP contribution in [0.5, 0.6) is 5.75 Å². The Balaban J connectivity index is 1.37. The Morgan fingerprint density at radius 2 is 1.62 bits per heavy atom. The highest BCUT2D eigenvalue weighted by Crippen LogP contribution is 2.24. The molecule has 1 saturated heterocycles. The van der Waals surface area contributed by atoms with E-state index in [1.807, 2.05) is 24.3 Å². The maximum absolute atomic E-state index is 12.2. The largest absolute Gasteiger partial charge is 0.494 e. The minimum Gasteiger partial charge on any atom is -0.494 e. The average Bonchev–Trinajstić information content (AvgIpc) is 2.72. The Morgan fingerprint density at radius 1 is 0.966 bits per heavy atom. The van der Waals surface area contributed by atoms with Crippen LogP contribution < -0.4 is 15.0 Å². The molecule has 1 aliphatic rings. The van der Waals surface area contributed by atoms with Crippen molar-refractivity contribution in [3.63, 3.8) is 0 Å². The maximum atomic E-state index is 12.2. The number of hydrogen-bond acceptors (Lipinski definition) is 3. The molecule has 1 amide bonds. The van der Waals surface area contributed by atoms with Crippen molar-refractivity contribution in [1.29, 1.82) is 0 Å². The third-order valence-corrected chi connectivity index (χ3v) is 5.41. The van der Waals surface area contributed by atoms with Crippen LogP contribution in [0.2, 0.25) is 0 Å². The molecule has 0 aromatic heterocycles. The predicted octanol–water partition coefficient (Wildman–Crippen LogP) is 5.77. The fourth-order valence-corrected chi connectivity index (χ4v) is 3.61. The van der Waals surface area contributed by atoms with Crippen molar-refractivity contribution in [3.8, 4) is 5.75 Å². The van der Waals surface area contributed by atoms with Crippen LogP contribution in [0.4, 0.5) is 11.4 Å². The summed E-state index contributed by atoms with van der Waals surface area (Å²) in [6.45, 7) is 9.39. The second-order valence-electron chi connectivity index (χ2n) is 8.87. The number of hydrogen-bond donors (Lipinski definition) is 1. The Hall–Kier alpha value is -2.49. The van der Waals surface area contributed by atoms with E-state index in [1.54, 1.807) is 0 Å². The normalized spacial score (nSPS) is 14.5. The van der Waals surface area contributed by atoms with Crippen molar-refractivity contribution in [2.75, 3.05) is 29.9 Å². The zero-order valence-corrected chi connectivity index (χ0v) is 18.0. The molecule has 0 saturated carbocycles. The molecule has 0 spiro atoms. The van der Waals surface area contributed by atoms with Gasteiger partial charge < -0.3 is 15.0 Å². The molecule has 156 valence electrons. The van der Waals surface area contributed by atoms with E-state index in [0.29, 0.717) is 19.4 Å². The number of nitrogens with zero attached hydrogens (tertiary/aromatic N) is 1. The van der Waals surface area contributed by atoms with Crippen LogP contribution in [0.15, 0.2) is 48.5 Å². The number of benzene rings is 2. The number of anilines is 2. The van der Waals surface area contributed by atoms with E-state index in [-0.39, 0.29) is 11.3 Å². The van der Waals surface area contributed by atoms with E-state index in [9.17, 15) is 4.79 Å². The lowest BCUT2D eigenvalue weighted by Gasteiger charge is -2.28. The molecule has 1 N–H and O–H groups in total. The molecule has 1 heterocycles. The molecule has 4 heteroatoms. The highest BCUT2D eigenvalue weighted by molar-refractivity contribution is 5.90. The highest BCUT2D eigenvalue weighted by atomic mass is 16.5. The summed E-state index contributed by atoms with van der Waals surface area (Å²) in [7, 11) is 0. The summed E-state index contributed by atoms with van der Waals surface area (Å²) in [6, 6.07) is 16.4. The van der Waals surface area contributed by atoms with Crippen molar-refractivity contribution in [2.45, 2.75) is 58.3 Å². The molecule has 1 fully saturated rings. The van der Waals surface area contributed by atoms with E-state index in [0.717, 1.165) is 24.5 Å². The van der Waals surface area contributed by atoms with Crippen LogP contribution in [0, 0.1) is 0 Å². The van der Waals surface area contributed by atoms with Gasteiger partial charge in [0.1, 0.15) is 5.75 Å². The lowest BCUT2D eigenvalue weighted by Crippen LogP contribution is -2.29. The van der Waals surface area contributed by atoms with Gasteiger partial charge >= 0.3 is 0 Å². The molecule has 2 aromatic carbocycles. The standard InChI is InChI=1S/C25H34N2O2/c1-25(2,3)20-9-15-23(16-10-20)29-19-7-8-24(28)26-21-11-13-22(14-12-21)27-17-5-4-6-18-27/h9-16H,4-8,17-19H2,1-3H3,(H,26,28). The van der Waals surface area contributed by atoms with Gasteiger partial charge in [0.05, 0.1) is 6.61 Å². The van der Waals surface area contributed by atoms with Gasteiger partial charge in [-0.05, 0) is 73.1 Å². The first-order valence-electron chi connectivity index (χ1n) is 10.8. The molecule has 0 aliphatic carbocycles. The summed E-state index contributed by atoms with van der Waals surface area (Å²) in [5.41, 5.74) is 3.53. The molecule has 0 unspecified atom stereocenters. The first-order chi connectivity index (χ1) is 13.9. The zero-order valence-electron chi connectivity index (χ0n) is 18.0. The quantitative estimate of drug-likeness (QED) is 0.606. The van der Waals surface area contributed by atoms with Crippen LogP contribution in [0.3, 0.4) is 0 Å². The van der Waals surface area contributed by atoms with Crippen LogP contribution in [-0.2, 0) is 10.2 Å². The molecule has 4 nitrogen and oxygen atoms in total. The molecule has 2 aromatic rings. The minimum atomic E-state index is 0.0300. The number of carbonyl (C=O) groups is 1. The average molecular weight is 395 g/mol. The summed E-state index contributed by atoms with van der Waals surface area (Å²) in [4.78, 5) is 14.6. The number of ether oxygens (including phenoxy) is 1. The summed E-state index contributed by atoms with van der Waals surface area (Å²) in [5, 5.41) is 2.98. The van der Waals surface area contributed by atoms with Gasteiger partial charge in [-0.3, -0.25) is 4.79 Å². The minimum absolute atomic E-state index is 0.0300. The van der Waals surface area contributed by atoms with Crippen molar-refractivity contribution in [2.24, 2.45) is 0 Å². The Labute approximate surface area is 175 Å². The van der Waals surface area contributed by atoms with Crippen LogP contribution in [0.25, 0.3) is 0 Å². The molecule has 0 radical (unpaired) electrons. The first-order valence-corrected chi connectivity index (χ1v) is 10.8. The third-order valence-electron chi connectivity index (χ3n) is 5.41. The van der Waals surface area contributed by atoms with Gasteiger partial charge in [0.15, 0.2) is 0 Å². The Kier molecular flexibility index (Phi) is 7.18. The fraction of sp³-hybridized carbons (Fsp3) is 0.480. The molecular formula is C25H34N2O2. The van der Waals surface area contributed by atoms with E-state index in [1.165, 1.54) is 30.5 Å². The van der Waals surface area contributed by atoms with Gasteiger partial charge in [-0.1, -0.05) is 32.9 Å². The second-order valence-corrected chi connectivity index (χ2v) is 8.87. The van der Waals surface area contributed by atoms with Crippen molar-refractivity contribution in [3.05, 3.63) is 54.1 Å². The lowest BCUT2D eigenvalue weighted by atomic mass is 9.87. The topological polar surface area (TPSA) is 41.6 Å². The van der Waals surface area contributed by atoms with Crippen molar-refractivity contribution < 1.29 is 9.53 Å². The van der Waals surface area contributed by atoms with Gasteiger partial charge in [-0.2, -0.15) is 0 Å². The number of nitrogens with one attached hydrogen (secondary N) is 1. The molecule has 0 bridgehead atoms. The van der Waals surface area contributed by atoms with E-state index < -0.39 is 0 Å². The molecular weight excluding hydrogens is 360 g/mol. The van der Waals surface area contributed by atoms with Gasteiger partial charge in [0, 0.05) is 30.9 Å². The SMILES string of the molecule is CC(C)(C)c1ccc(OCCCC(=O)Nc2ccc(N3CCCCC3)cc2)cc1. The third kappa shape index (κ3) is 6.52. The van der Waals surface area contributed by atoms with Crippen LogP contribution >= 0.6 is 0 Å². The van der Waals surface area contributed by atoms with E-state index in [4.69, 9.17) is 4.74 Å². The monoisotopic (exact) mass is 394 g/mol. The Bertz CT molecular complexity index is 770. The summed E-state index contributed by atoms with van der Waals surface area (Å²) >= 11 is 0. The first kappa shape index (κ1) is 21.2. The van der Waals surface area contributed by atoms with E-state index in [2.05, 4.69) is 55.3 Å². The fourth-order valence-electron chi connectivity index (χ4n) is 3.61. The molecule has 3 rings (SSSR count). The molecule has 0 atom stereocenters. The van der Waals surface area contributed by atoms with Crippen LogP contribution in [-0.4, -0.2) is 25.6 Å². The number of rotatable bonds is 7. The number of amides is 1. The summed E-state index contributed by atoms with van der Waals surface area (Å²) < 4.78 is 5.77. The van der Waals surface area contributed by atoms with Crippen molar-refractivity contribution in [1.82, 2.24) is 0 Å². The van der Waals surface area contributed by atoms with E-state index >= 15 is 0 Å². The Morgan fingerprint density at radius 3 is 2.24 bits per heavy atom. The van der Waals surface area contributed by atoms with Gasteiger partial charge in [-0.15, -0.1) is 0 Å². The van der Waals surface area contributed by atoms with Gasteiger partial charge in [0.2, 0.25) is 5.91 Å². The second kappa shape index (κ2) is 9.82. The number of carbonyl (C=O) groups excluding carboxylic acids is 1. The highest BCUT2D eigenvalue weighted by Gasteiger charge is 2.13. The van der Waals surface area contributed by atoms with Crippen LogP contribution in [0.1, 0.15) is 58.4 Å². The van der Waals surface area contributed by atoms with Gasteiger partial charge in [-0.25, -0.2) is 0 Å². The summed E-state index contributed by atoms with van der Waals surface area (Å²) in [6.07, 6.45) is 5.01. The van der Waals surface area contributed by atoms with Crippen molar-refractivity contribution >= 4 is 17.3 Å². The number of piperidine rings is 1. The summed E-state index contributed by atoms with van der Waals surface area (Å²) in [5.74, 6) is 0.883. The smallest absolute Gasteiger partial charge is 0.224 e. The lowest BCUT2D eigenvalue weighted by molar-refractivity contribution is -0.116. The molecule has 29 heavy (non-hydrogen) atoms. The van der Waals surface area contributed by atoms with Gasteiger partial charge in [0.25, 0.3) is 0 Å². The zero-order chi connectivity index (χ0) is 20.7.